The van der Waals surface area contributed by atoms with Gasteiger partial charge < -0.3 is 10.4 Å². The van der Waals surface area contributed by atoms with Crippen molar-refractivity contribution in [3.8, 4) is 0 Å². The lowest BCUT2D eigenvalue weighted by Gasteiger charge is -2.23. The van der Waals surface area contributed by atoms with Crippen LogP contribution in [0, 0.1) is 5.82 Å². The van der Waals surface area contributed by atoms with E-state index in [2.05, 4.69) is 5.32 Å². The fourth-order valence-corrected chi connectivity index (χ4v) is 2.40. The molecule has 1 atom stereocenters. The van der Waals surface area contributed by atoms with E-state index in [1.165, 1.54) is 17.8 Å². The lowest BCUT2D eigenvalue weighted by atomic mass is 9.97. The Balaban J connectivity index is 2.39. The van der Waals surface area contributed by atoms with E-state index in [0.29, 0.717) is 23.5 Å². The second kappa shape index (κ2) is 6.75. The Kier molecular flexibility index (Phi) is 5.62. The molecule has 1 unspecified atom stereocenters. The van der Waals surface area contributed by atoms with Crippen LogP contribution in [0.4, 0.5) is 4.39 Å². The smallest absolute Gasteiger partial charge is 0.323 e. The van der Waals surface area contributed by atoms with Crippen LogP contribution in [0.15, 0.2) is 29.2 Å². The maximum absolute atomic E-state index is 13.3. The van der Waals surface area contributed by atoms with Gasteiger partial charge in [0.15, 0.2) is 0 Å². The number of nitrogens with one attached hydrogen (secondary N) is 1. The predicted octanol–water partition coefficient (Wildman–Crippen LogP) is 2.76. The normalized spacial score (nSPS) is 14.2. The van der Waals surface area contributed by atoms with Gasteiger partial charge in [0.05, 0.1) is 0 Å². The van der Waals surface area contributed by atoms with E-state index in [4.69, 9.17) is 5.11 Å². The van der Waals surface area contributed by atoms with Crippen LogP contribution in [0.25, 0.3) is 0 Å². The van der Waals surface area contributed by atoms with Crippen molar-refractivity contribution in [1.82, 2.24) is 5.32 Å². The first-order chi connectivity index (χ1) is 8.49. The number of halogens is 1. The van der Waals surface area contributed by atoms with Crippen molar-refractivity contribution >= 4 is 17.7 Å². The van der Waals surface area contributed by atoms with Gasteiger partial charge in [-0.25, -0.2) is 4.39 Å². The number of carbonyl (C=O) groups is 1. The maximum atomic E-state index is 13.3. The summed E-state index contributed by atoms with van der Waals surface area (Å²) in [5.41, 5.74) is -0.907. The topological polar surface area (TPSA) is 49.3 Å². The molecule has 0 spiro atoms. The molecule has 0 saturated carbocycles. The monoisotopic (exact) mass is 271 g/mol. The molecule has 0 heterocycles. The van der Waals surface area contributed by atoms with Gasteiger partial charge >= 0.3 is 5.97 Å². The average molecular weight is 271 g/mol. The number of hydrogen-bond donors (Lipinski definition) is 2. The van der Waals surface area contributed by atoms with Crippen LogP contribution in [0.3, 0.4) is 0 Å². The van der Waals surface area contributed by atoms with Gasteiger partial charge in [0.1, 0.15) is 11.4 Å². The minimum Gasteiger partial charge on any atom is -0.480 e. The molecule has 3 nitrogen and oxygen atoms in total. The zero-order valence-corrected chi connectivity index (χ0v) is 11.4. The largest absolute Gasteiger partial charge is 0.480 e. The van der Waals surface area contributed by atoms with Crippen LogP contribution in [0.2, 0.25) is 0 Å². The number of likely N-dealkylation sites (N-methyl/N-ethyl adjacent to an activating group) is 1. The van der Waals surface area contributed by atoms with Crippen molar-refractivity contribution in [3.05, 3.63) is 30.1 Å². The molecule has 1 aromatic rings. The third-order valence-electron chi connectivity index (χ3n) is 2.94. The van der Waals surface area contributed by atoms with Gasteiger partial charge in [-0.2, -0.15) is 0 Å². The zero-order chi connectivity index (χ0) is 13.6. The molecule has 0 saturated heterocycles. The highest BCUT2D eigenvalue weighted by Gasteiger charge is 2.30. The number of carboxylic acids is 1. The van der Waals surface area contributed by atoms with E-state index in [1.54, 1.807) is 32.2 Å². The molecule has 5 heteroatoms. The van der Waals surface area contributed by atoms with Crippen molar-refractivity contribution in [3.63, 3.8) is 0 Å². The van der Waals surface area contributed by atoms with Crippen LogP contribution >= 0.6 is 11.8 Å². The number of benzene rings is 1. The van der Waals surface area contributed by atoms with E-state index in [-0.39, 0.29) is 5.82 Å². The Morgan fingerprint density at radius 2 is 2.17 bits per heavy atom. The summed E-state index contributed by atoms with van der Waals surface area (Å²) in [6.45, 7) is 1.66. The summed E-state index contributed by atoms with van der Waals surface area (Å²) in [6.07, 6.45) is 1.23. The third-order valence-corrected chi connectivity index (χ3v) is 4.07. The molecular formula is C13H18FNO2S. The van der Waals surface area contributed by atoms with Crippen molar-refractivity contribution in [2.75, 3.05) is 12.8 Å². The molecule has 0 aromatic heterocycles. The molecule has 18 heavy (non-hydrogen) atoms. The first-order valence-corrected chi connectivity index (χ1v) is 6.78. The van der Waals surface area contributed by atoms with E-state index in [0.717, 1.165) is 0 Å². The van der Waals surface area contributed by atoms with Gasteiger partial charge in [-0.05, 0) is 44.7 Å². The van der Waals surface area contributed by atoms with Gasteiger partial charge in [-0.3, -0.25) is 4.79 Å². The fourth-order valence-electron chi connectivity index (χ4n) is 1.51. The van der Waals surface area contributed by atoms with Crippen LogP contribution < -0.4 is 5.32 Å². The van der Waals surface area contributed by atoms with Crippen molar-refractivity contribution in [2.24, 2.45) is 0 Å². The first-order valence-electron chi connectivity index (χ1n) is 5.79. The van der Waals surface area contributed by atoms with Crippen molar-refractivity contribution in [2.45, 2.75) is 30.2 Å². The highest BCUT2D eigenvalue weighted by molar-refractivity contribution is 7.99. The molecule has 1 rings (SSSR count). The van der Waals surface area contributed by atoms with Crippen LogP contribution in [0.1, 0.15) is 19.8 Å². The first kappa shape index (κ1) is 15.0. The highest BCUT2D eigenvalue weighted by Crippen LogP contribution is 2.23. The average Bonchev–Trinajstić information content (AvgIpc) is 2.36. The molecule has 0 aliphatic heterocycles. The summed E-state index contributed by atoms with van der Waals surface area (Å²) in [5, 5.41) is 11.9. The molecule has 0 amide bonds. The quantitative estimate of drug-likeness (QED) is 0.591. The van der Waals surface area contributed by atoms with E-state index in [9.17, 15) is 9.18 Å². The fraction of sp³-hybridized carbons (Fsp3) is 0.462. The number of aliphatic carboxylic acids is 1. The molecule has 0 radical (unpaired) electrons. The SMILES string of the molecule is CNC(C)(CCCSc1ccccc1F)C(=O)O. The molecule has 100 valence electrons. The number of rotatable bonds is 7. The molecule has 1 aromatic carbocycles. The second-order valence-corrected chi connectivity index (χ2v) is 5.41. The van der Waals surface area contributed by atoms with Crippen molar-refractivity contribution in [1.29, 1.82) is 0 Å². The number of thioether (sulfide) groups is 1. The Morgan fingerprint density at radius 3 is 2.72 bits per heavy atom. The maximum Gasteiger partial charge on any atom is 0.323 e. The highest BCUT2D eigenvalue weighted by atomic mass is 32.2. The number of hydrogen-bond acceptors (Lipinski definition) is 3. The van der Waals surface area contributed by atoms with Crippen LogP contribution in [-0.4, -0.2) is 29.4 Å². The Morgan fingerprint density at radius 1 is 1.50 bits per heavy atom. The van der Waals surface area contributed by atoms with Crippen molar-refractivity contribution < 1.29 is 14.3 Å². The summed E-state index contributed by atoms with van der Waals surface area (Å²) >= 11 is 1.41. The van der Waals surface area contributed by atoms with Gasteiger partial charge in [-0.15, -0.1) is 11.8 Å². The van der Waals surface area contributed by atoms with Gasteiger partial charge in [-0.1, -0.05) is 12.1 Å². The lowest BCUT2D eigenvalue weighted by Crippen LogP contribution is -2.47. The molecule has 0 bridgehead atoms. The molecule has 0 aliphatic rings. The van der Waals surface area contributed by atoms with E-state index >= 15 is 0 Å². The summed E-state index contributed by atoms with van der Waals surface area (Å²) in [4.78, 5) is 11.7. The zero-order valence-electron chi connectivity index (χ0n) is 10.6. The second-order valence-electron chi connectivity index (χ2n) is 4.27. The Bertz CT molecular complexity index is 414. The van der Waals surface area contributed by atoms with E-state index < -0.39 is 11.5 Å². The summed E-state index contributed by atoms with van der Waals surface area (Å²) < 4.78 is 13.3. The Hall–Kier alpha value is -1.07. The minimum atomic E-state index is -0.907. The number of carboxylic acid groups (broad SMARTS) is 1. The summed E-state index contributed by atoms with van der Waals surface area (Å²) in [6, 6.07) is 6.61. The van der Waals surface area contributed by atoms with Gasteiger partial charge in [0, 0.05) is 4.90 Å². The van der Waals surface area contributed by atoms with Gasteiger partial charge in [0.25, 0.3) is 0 Å². The minimum absolute atomic E-state index is 0.225. The predicted molar refractivity (Wildman–Crippen MR) is 71.5 cm³/mol. The molecular weight excluding hydrogens is 253 g/mol. The molecule has 2 N–H and O–H groups in total. The molecule has 0 aliphatic carbocycles. The van der Waals surface area contributed by atoms with E-state index in [1.807, 2.05) is 0 Å². The Labute approximate surface area is 111 Å². The molecule has 0 fully saturated rings. The van der Waals surface area contributed by atoms with Crippen LogP contribution in [-0.2, 0) is 4.79 Å². The summed E-state index contributed by atoms with van der Waals surface area (Å²) in [5.74, 6) is -0.385. The van der Waals surface area contributed by atoms with Crippen LogP contribution in [0.5, 0.6) is 0 Å². The standard InChI is InChI=1S/C13H18FNO2S/c1-13(15-2,12(16)17)8-5-9-18-11-7-4-3-6-10(11)14/h3-4,6-7,15H,5,8-9H2,1-2H3,(H,16,17). The van der Waals surface area contributed by atoms with Gasteiger partial charge in [0.2, 0.25) is 0 Å². The third kappa shape index (κ3) is 3.99. The summed E-state index contributed by atoms with van der Waals surface area (Å²) in [7, 11) is 1.64. The lowest BCUT2D eigenvalue weighted by molar-refractivity contribution is -0.144.